The molecular weight excluding hydrogens is 384 g/mol. The molecule has 0 spiro atoms. The number of nitrogens with one attached hydrogen (secondary N) is 1. The number of thiophene rings is 1. The molecular formula is C23H22N2O3S. The molecule has 0 aliphatic rings. The predicted octanol–water partition coefficient (Wildman–Crippen LogP) is 4.51. The Hall–Kier alpha value is -3.12. The summed E-state index contributed by atoms with van der Waals surface area (Å²) in [6.45, 7) is 2.07. The lowest BCUT2D eigenvalue weighted by Gasteiger charge is -2.18. The van der Waals surface area contributed by atoms with Crippen LogP contribution in [0.4, 0.5) is 0 Å². The van der Waals surface area contributed by atoms with Gasteiger partial charge in [0.25, 0.3) is 0 Å². The molecule has 2 aromatic carbocycles. The number of fused-ring (bicyclic) bond motifs is 1. The zero-order chi connectivity index (χ0) is 20.2. The Morgan fingerprint density at radius 1 is 1.10 bits per heavy atom. The summed E-state index contributed by atoms with van der Waals surface area (Å²) < 4.78 is 6.59. The number of hydrogen-bond acceptors (Lipinski definition) is 4. The van der Waals surface area contributed by atoms with E-state index in [-0.39, 0.29) is 18.5 Å². The molecule has 1 unspecified atom stereocenters. The van der Waals surface area contributed by atoms with Gasteiger partial charge in [-0.25, -0.2) is 4.79 Å². The number of amides is 1. The van der Waals surface area contributed by atoms with Crippen molar-refractivity contribution in [1.82, 2.24) is 9.88 Å². The normalized spacial score (nSPS) is 12.2. The average Bonchev–Trinajstić information content (AvgIpc) is 3.36. The first-order valence-corrected chi connectivity index (χ1v) is 10.5. The fourth-order valence-electron chi connectivity index (χ4n) is 3.45. The van der Waals surface area contributed by atoms with Crippen LogP contribution in [0.2, 0.25) is 0 Å². The zero-order valence-corrected chi connectivity index (χ0v) is 16.9. The van der Waals surface area contributed by atoms with Crippen molar-refractivity contribution in [2.45, 2.75) is 32.4 Å². The fourth-order valence-corrected chi connectivity index (χ4v) is 4.26. The van der Waals surface area contributed by atoms with Crippen molar-refractivity contribution in [2.24, 2.45) is 0 Å². The van der Waals surface area contributed by atoms with E-state index < -0.39 is 5.76 Å². The molecule has 0 fully saturated rings. The van der Waals surface area contributed by atoms with Crippen LogP contribution in [0, 0.1) is 0 Å². The smallest absolute Gasteiger partial charge is 0.408 e. The monoisotopic (exact) mass is 406 g/mol. The SMILES string of the molecule is CCCc1ccc(C(NC(=O)Cn2c(=O)oc3ccccc32)c2cccs2)cc1. The van der Waals surface area contributed by atoms with Crippen LogP contribution in [0.1, 0.15) is 35.4 Å². The highest BCUT2D eigenvalue weighted by Crippen LogP contribution is 2.26. The Morgan fingerprint density at radius 3 is 2.62 bits per heavy atom. The summed E-state index contributed by atoms with van der Waals surface area (Å²) in [5, 5.41) is 5.08. The second kappa shape index (κ2) is 8.49. The van der Waals surface area contributed by atoms with Crippen LogP contribution in [0.15, 0.2) is 75.3 Å². The van der Waals surface area contributed by atoms with Gasteiger partial charge in [0.05, 0.1) is 11.6 Å². The summed E-state index contributed by atoms with van der Waals surface area (Å²) in [5.41, 5.74) is 3.39. The lowest BCUT2D eigenvalue weighted by atomic mass is 10.0. The fraction of sp³-hybridized carbons (Fsp3) is 0.217. The number of hydrogen-bond donors (Lipinski definition) is 1. The van der Waals surface area contributed by atoms with Gasteiger partial charge in [0.15, 0.2) is 5.58 Å². The van der Waals surface area contributed by atoms with E-state index in [1.54, 1.807) is 29.5 Å². The van der Waals surface area contributed by atoms with E-state index in [0.29, 0.717) is 11.1 Å². The number of carbonyl (C=O) groups is 1. The van der Waals surface area contributed by atoms with Gasteiger partial charge < -0.3 is 9.73 Å². The van der Waals surface area contributed by atoms with E-state index in [4.69, 9.17) is 4.42 Å². The Labute approximate surface area is 172 Å². The maximum atomic E-state index is 12.8. The molecule has 0 radical (unpaired) electrons. The number of aromatic nitrogens is 1. The highest BCUT2D eigenvalue weighted by atomic mass is 32.1. The van der Waals surface area contributed by atoms with Crippen molar-refractivity contribution in [3.63, 3.8) is 0 Å². The Bertz CT molecular complexity index is 1160. The number of rotatable bonds is 7. The largest absolute Gasteiger partial charge is 0.420 e. The molecule has 5 nitrogen and oxygen atoms in total. The molecule has 0 saturated heterocycles. The van der Waals surface area contributed by atoms with Gasteiger partial charge in [-0.1, -0.05) is 55.8 Å². The third-order valence-corrected chi connectivity index (χ3v) is 5.80. The lowest BCUT2D eigenvalue weighted by molar-refractivity contribution is -0.122. The molecule has 148 valence electrons. The predicted molar refractivity (Wildman–Crippen MR) is 115 cm³/mol. The van der Waals surface area contributed by atoms with Crippen LogP contribution in [-0.4, -0.2) is 10.5 Å². The Balaban J connectivity index is 1.58. The maximum Gasteiger partial charge on any atom is 0.420 e. The lowest BCUT2D eigenvalue weighted by Crippen LogP contribution is -2.34. The summed E-state index contributed by atoms with van der Waals surface area (Å²) in [6, 6.07) is 19.2. The summed E-state index contributed by atoms with van der Waals surface area (Å²) in [5.74, 6) is -0.771. The minimum Gasteiger partial charge on any atom is -0.408 e. The van der Waals surface area contributed by atoms with E-state index in [9.17, 15) is 9.59 Å². The van der Waals surface area contributed by atoms with Crippen molar-refractivity contribution in [3.05, 3.63) is 92.6 Å². The molecule has 4 aromatic rings. The summed E-state index contributed by atoms with van der Waals surface area (Å²) in [7, 11) is 0. The van der Waals surface area contributed by atoms with Gasteiger partial charge in [0.1, 0.15) is 6.54 Å². The van der Waals surface area contributed by atoms with Crippen LogP contribution in [0.3, 0.4) is 0 Å². The number of nitrogens with zero attached hydrogens (tertiary/aromatic N) is 1. The quantitative estimate of drug-likeness (QED) is 0.491. The van der Waals surface area contributed by atoms with Gasteiger partial charge in [-0.3, -0.25) is 9.36 Å². The third-order valence-electron chi connectivity index (χ3n) is 4.86. The molecule has 6 heteroatoms. The van der Waals surface area contributed by atoms with Crippen molar-refractivity contribution in [1.29, 1.82) is 0 Å². The molecule has 2 heterocycles. The minimum absolute atomic E-state index is 0.0916. The number of aryl methyl sites for hydroxylation is 1. The van der Waals surface area contributed by atoms with Gasteiger partial charge in [-0.2, -0.15) is 0 Å². The second-order valence-electron chi connectivity index (χ2n) is 6.93. The summed E-state index contributed by atoms with van der Waals surface area (Å²) in [4.78, 5) is 26.1. The first-order valence-electron chi connectivity index (χ1n) is 9.65. The molecule has 29 heavy (non-hydrogen) atoms. The van der Waals surface area contributed by atoms with E-state index in [0.717, 1.165) is 23.3 Å². The molecule has 2 aromatic heterocycles. The van der Waals surface area contributed by atoms with Crippen LogP contribution < -0.4 is 11.1 Å². The first kappa shape index (κ1) is 19.2. The first-order chi connectivity index (χ1) is 14.2. The van der Waals surface area contributed by atoms with Gasteiger partial charge in [-0.15, -0.1) is 11.3 Å². The Kier molecular flexibility index (Phi) is 5.62. The van der Waals surface area contributed by atoms with E-state index in [1.807, 2.05) is 23.6 Å². The molecule has 1 amide bonds. The van der Waals surface area contributed by atoms with Crippen molar-refractivity contribution >= 4 is 28.3 Å². The minimum atomic E-state index is -0.530. The van der Waals surface area contributed by atoms with Crippen LogP contribution in [0.5, 0.6) is 0 Å². The van der Waals surface area contributed by atoms with Crippen molar-refractivity contribution < 1.29 is 9.21 Å². The van der Waals surface area contributed by atoms with Crippen LogP contribution in [0.25, 0.3) is 11.1 Å². The maximum absolute atomic E-state index is 12.8. The van der Waals surface area contributed by atoms with E-state index in [2.05, 4.69) is 36.5 Å². The second-order valence-corrected chi connectivity index (χ2v) is 7.91. The molecule has 4 rings (SSSR count). The molecule has 0 bridgehead atoms. The van der Waals surface area contributed by atoms with Gasteiger partial charge in [0.2, 0.25) is 5.91 Å². The standard InChI is InChI=1S/C23H22N2O3S/c1-2-6-16-10-12-17(13-11-16)22(20-9-5-14-29-20)24-21(26)15-25-18-7-3-4-8-19(18)28-23(25)27/h3-5,7-14,22H,2,6,15H2,1H3,(H,24,26). The third kappa shape index (κ3) is 4.17. The summed E-state index contributed by atoms with van der Waals surface area (Å²) in [6.07, 6.45) is 2.13. The molecule has 0 saturated carbocycles. The molecule has 1 N–H and O–H groups in total. The van der Waals surface area contributed by atoms with Crippen LogP contribution >= 0.6 is 11.3 Å². The number of benzene rings is 2. The topological polar surface area (TPSA) is 64.2 Å². The number of para-hydroxylation sites is 2. The van der Waals surface area contributed by atoms with Gasteiger partial charge >= 0.3 is 5.76 Å². The average molecular weight is 407 g/mol. The molecule has 0 aliphatic heterocycles. The summed E-state index contributed by atoms with van der Waals surface area (Å²) >= 11 is 1.59. The van der Waals surface area contributed by atoms with Crippen molar-refractivity contribution in [3.8, 4) is 0 Å². The van der Waals surface area contributed by atoms with Crippen molar-refractivity contribution in [2.75, 3.05) is 0 Å². The number of oxazole rings is 1. The van der Waals surface area contributed by atoms with Gasteiger partial charge in [0, 0.05) is 4.88 Å². The highest BCUT2D eigenvalue weighted by molar-refractivity contribution is 7.10. The number of carbonyl (C=O) groups excluding carboxylic acids is 1. The highest BCUT2D eigenvalue weighted by Gasteiger charge is 2.20. The van der Waals surface area contributed by atoms with E-state index in [1.165, 1.54) is 10.1 Å². The van der Waals surface area contributed by atoms with E-state index >= 15 is 0 Å². The molecule has 1 atom stereocenters. The van der Waals surface area contributed by atoms with Gasteiger partial charge in [-0.05, 0) is 41.1 Å². The van der Waals surface area contributed by atoms with Crippen LogP contribution in [-0.2, 0) is 17.8 Å². The molecule has 0 aliphatic carbocycles. The zero-order valence-electron chi connectivity index (χ0n) is 16.1. The Morgan fingerprint density at radius 2 is 1.90 bits per heavy atom.